The van der Waals surface area contributed by atoms with Gasteiger partial charge in [-0.3, -0.25) is 0 Å². The summed E-state index contributed by atoms with van der Waals surface area (Å²) in [6.45, 7) is 2.61. The highest BCUT2D eigenvalue weighted by atomic mass is 19.3. The summed E-state index contributed by atoms with van der Waals surface area (Å²) in [5.41, 5.74) is 3.69. The van der Waals surface area contributed by atoms with Crippen LogP contribution in [0.5, 0.6) is 0 Å². The van der Waals surface area contributed by atoms with Crippen molar-refractivity contribution in [3.63, 3.8) is 0 Å². The maximum atomic E-state index is 13.1. The number of nitrogens with one attached hydrogen (secondary N) is 1. The van der Waals surface area contributed by atoms with Gasteiger partial charge in [-0.25, -0.2) is 23.4 Å². The zero-order valence-electron chi connectivity index (χ0n) is 16.0. The fourth-order valence-corrected chi connectivity index (χ4v) is 3.27. The maximum absolute atomic E-state index is 13.1. The molecule has 0 amide bonds. The molecule has 148 valence electrons. The van der Waals surface area contributed by atoms with Crippen molar-refractivity contribution in [2.45, 2.75) is 26.2 Å². The van der Waals surface area contributed by atoms with Gasteiger partial charge in [-0.15, -0.1) is 0 Å². The van der Waals surface area contributed by atoms with Gasteiger partial charge in [0.2, 0.25) is 0 Å². The van der Waals surface area contributed by atoms with E-state index >= 15 is 0 Å². The van der Waals surface area contributed by atoms with E-state index < -0.39 is 12.2 Å². The van der Waals surface area contributed by atoms with Crippen LogP contribution < -0.4 is 5.32 Å². The highest BCUT2D eigenvalue weighted by Gasteiger charge is 2.15. The van der Waals surface area contributed by atoms with E-state index in [4.69, 9.17) is 0 Å². The topological polar surface area (TPSA) is 55.6 Å². The number of aromatic nitrogens is 4. The fraction of sp³-hybridized carbons (Fsp3) is 0.227. The number of para-hydroxylation sites is 2. The van der Waals surface area contributed by atoms with Gasteiger partial charge >= 0.3 is 0 Å². The standard InChI is InChI=1S/C22H21F2N5/c1-15-16(14-29(28-15)17-9-3-2-4-10-17)8-7-13-25-21-18-11-5-6-12-19(18)26-22(27-21)20(23)24/h2-6,9-12,14,20H,7-8,13H2,1H3,(H,25,26,27). The average molecular weight is 393 g/mol. The predicted molar refractivity (Wildman–Crippen MR) is 110 cm³/mol. The number of rotatable bonds is 7. The molecule has 0 unspecified atom stereocenters. The summed E-state index contributed by atoms with van der Waals surface area (Å²) < 4.78 is 28.1. The molecule has 2 heterocycles. The van der Waals surface area contributed by atoms with E-state index in [0.29, 0.717) is 17.9 Å². The third kappa shape index (κ3) is 4.23. The molecule has 29 heavy (non-hydrogen) atoms. The number of halogens is 2. The minimum absolute atomic E-state index is 0.447. The molecule has 0 aliphatic carbocycles. The van der Waals surface area contributed by atoms with Crippen LogP contribution in [0.15, 0.2) is 60.8 Å². The van der Waals surface area contributed by atoms with E-state index in [1.54, 1.807) is 12.1 Å². The number of hydrogen-bond acceptors (Lipinski definition) is 4. The van der Waals surface area contributed by atoms with Crippen LogP contribution in [0.2, 0.25) is 0 Å². The van der Waals surface area contributed by atoms with Crippen LogP contribution in [0, 0.1) is 6.92 Å². The van der Waals surface area contributed by atoms with Crippen molar-refractivity contribution in [1.82, 2.24) is 19.7 Å². The lowest BCUT2D eigenvalue weighted by Gasteiger charge is -2.10. The molecule has 0 radical (unpaired) electrons. The van der Waals surface area contributed by atoms with Crippen molar-refractivity contribution in [2.24, 2.45) is 0 Å². The SMILES string of the molecule is Cc1nn(-c2ccccc2)cc1CCCNc1nc(C(F)F)nc2ccccc12. The second-order valence-electron chi connectivity index (χ2n) is 6.80. The molecule has 0 spiro atoms. The van der Waals surface area contributed by atoms with Crippen LogP contribution in [0.3, 0.4) is 0 Å². The van der Waals surface area contributed by atoms with Crippen LogP contribution in [0.4, 0.5) is 14.6 Å². The van der Waals surface area contributed by atoms with E-state index in [1.165, 1.54) is 0 Å². The Balaban J connectivity index is 1.43. The first kappa shape index (κ1) is 19.0. The minimum Gasteiger partial charge on any atom is -0.369 e. The van der Waals surface area contributed by atoms with Crippen molar-refractivity contribution in [1.29, 1.82) is 0 Å². The Kier molecular flexibility index (Phi) is 5.46. The van der Waals surface area contributed by atoms with Crippen LogP contribution in [-0.4, -0.2) is 26.3 Å². The van der Waals surface area contributed by atoms with Crippen molar-refractivity contribution in [3.8, 4) is 5.69 Å². The zero-order valence-corrected chi connectivity index (χ0v) is 16.0. The minimum atomic E-state index is -2.70. The quantitative estimate of drug-likeness (QED) is 0.444. The second-order valence-corrected chi connectivity index (χ2v) is 6.80. The van der Waals surface area contributed by atoms with Gasteiger partial charge in [0.1, 0.15) is 5.82 Å². The first-order valence-electron chi connectivity index (χ1n) is 9.51. The van der Waals surface area contributed by atoms with Gasteiger partial charge in [-0.2, -0.15) is 5.10 Å². The molecule has 0 saturated heterocycles. The van der Waals surface area contributed by atoms with Crippen molar-refractivity contribution >= 4 is 16.7 Å². The first-order valence-corrected chi connectivity index (χ1v) is 9.51. The molecule has 2 aromatic carbocycles. The van der Waals surface area contributed by atoms with Gasteiger partial charge in [0.15, 0.2) is 5.82 Å². The molecule has 1 N–H and O–H groups in total. The molecule has 5 nitrogen and oxygen atoms in total. The zero-order chi connectivity index (χ0) is 20.2. The number of anilines is 1. The predicted octanol–water partition coefficient (Wildman–Crippen LogP) is 5.11. The molecule has 0 bridgehead atoms. The third-order valence-corrected chi connectivity index (χ3v) is 4.75. The molecule has 7 heteroatoms. The van der Waals surface area contributed by atoms with Crippen molar-refractivity contribution in [2.75, 3.05) is 11.9 Å². The summed E-state index contributed by atoms with van der Waals surface area (Å²) in [4.78, 5) is 7.96. The Morgan fingerprint density at radius 1 is 1.00 bits per heavy atom. The van der Waals surface area contributed by atoms with Crippen LogP contribution in [-0.2, 0) is 6.42 Å². The molecule has 2 aromatic heterocycles. The Morgan fingerprint density at radius 2 is 1.76 bits per heavy atom. The van der Waals surface area contributed by atoms with Crippen LogP contribution >= 0.6 is 0 Å². The monoisotopic (exact) mass is 393 g/mol. The number of hydrogen-bond donors (Lipinski definition) is 1. The molecule has 0 aliphatic rings. The normalized spacial score (nSPS) is 11.3. The third-order valence-electron chi connectivity index (χ3n) is 4.75. The van der Waals surface area contributed by atoms with Gasteiger partial charge in [-0.1, -0.05) is 30.3 Å². The second kappa shape index (κ2) is 8.34. The summed E-state index contributed by atoms with van der Waals surface area (Å²) >= 11 is 0. The molecule has 0 atom stereocenters. The summed E-state index contributed by atoms with van der Waals surface area (Å²) in [6, 6.07) is 17.1. The Morgan fingerprint density at radius 3 is 2.55 bits per heavy atom. The van der Waals surface area contributed by atoms with E-state index in [-0.39, 0.29) is 0 Å². The Bertz CT molecular complexity index is 1110. The van der Waals surface area contributed by atoms with Crippen molar-refractivity contribution in [3.05, 3.63) is 77.9 Å². The Labute approximate surface area is 167 Å². The Hall–Kier alpha value is -3.35. The molecule has 0 fully saturated rings. The summed E-state index contributed by atoms with van der Waals surface area (Å²) in [5.74, 6) is -0.00576. The lowest BCUT2D eigenvalue weighted by atomic mass is 10.1. The van der Waals surface area contributed by atoms with E-state index in [1.807, 2.05) is 60.3 Å². The van der Waals surface area contributed by atoms with Gasteiger partial charge < -0.3 is 5.32 Å². The van der Waals surface area contributed by atoms with E-state index in [0.717, 1.165) is 35.2 Å². The molecule has 4 aromatic rings. The van der Waals surface area contributed by atoms with E-state index in [9.17, 15) is 8.78 Å². The van der Waals surface area contributed by atoms with Gasteiger partial charge in [0, 0.05) is 18.1 Å². The molecular weight excluding hydrogens is 372 g/mol. The largest absolute Gasteiger partial charge is 0.369 e. The number of nitrogens with zero attached hydrogens (tertiary/aromatic N) is 4. The van der Waals surface area contributed by atoms with Gasteiger partial charge in [-0.05, 0) is 49.6 Å². The highest BCUT2D eigenvalue weighted by Crippen LogP contribution is 2.24. The summed E-state index contributed by atoms with van der Waals surface area (Å²) in [6.07, 6.45) is 0.992. The van der Waals surface area contributed by atoms with Crippen molar-refractivity contribution < 1.29 is 8.78 Å². The van der Waals surface area contributed by atoms with Crippen LogP contribution in [0.1, 0.15) is 29.9 Å². The molecule has 0 saturated carbocycles. The number of aryl methyl sites for hydroxylation is 2. The molecular formula is C22H21F2N5. The molecule has 0 aliphatic heterocycles. The highest BCUT2D eigenvalue weighted by molar-refractivity contribution is 5.88. The summed E-state index contributed by atoms with van der Waals surface area (Å²) in [5, 5.41) is 8.52. The van der Waals surface area contributed by atoms with E-state index in [2.05, 4.69) is 20.4 Å². The molecule has 4 rings (SSSR count). The number of alkyl halides is 2. The number of fused-ring (bicyclic) bond motifs is 1. The lowest BCUT2D eigenvalue weighted by Crippen LogP contribution is -2.08. The number of benzene rings is 2. The van der Waals surface area contributed by atoms with Gasteiger partial charge in [0.05, 0.1) is 16.9 Å². The lowest BCUT2D eigenvalue weighted by molar-refractivity contribution is 0.141. The average Bonchev–Trinajstić information content (AvgIpc) is 3.12. The first-order chi connectivity index (χ1) is 14.1. The fourth-order valence-electron chi connectivity index (χ4n) is 3.27. The summed E-state index contributed by atoms with van der Waals surface area (Å²) in [7, 11) is 0. The van der Waals surface area contributed by atoms with Crippen LogP contribution in [0.25, 0.3) is 16.6 Å². The smallest absolute Gasteiger partial charge is 0.297 e. The van der Waals surface area contributed by atoms with Gasteiger partial charge in [0.25, 0.3) is 6.43 Å². The maximum Gasteiger partial charge on any atom is 0.297 e.